The quantitative estimate of drug-likeness (QED) is 0.820. The monoisotopic (exact) mass is 264 g/mol. The van der Waals surface area contributed by atoms with Crippen molar-refractivity contribution in [2.24, 2.45) is 5.41 Å². The van der Waals surface area contributed by atoms with Crippen LogP contribution in [0.2, 0.25) is 0 Å². The molecule has 0 atom stereocenters. The average Bonchev–Trinajstić information content (AvgIpc) is 2.88. The van der Waals surface area contributed by atoms with E-state index in [-0.39, 0.29) is 11.3 Å². The highest BCUT2D eigenvalue weighted by Crippen LogP contribution is 2.18. The summed E-state index contributed by atoms with van der Waals surface area (Å²) in [5.74, 6) is 0.266. The molecule has 0 bridgehead atoms. The summed E-state index contributed by atoms with van der Waals surface area (Å²) >= 11 is 0. The Balaban J connectivity index is 1.75. The van der Waals surface area contributed by atoms with E-state index < -0.39 is 0 Å². The Bertz CT molecular complexity index is 400. The minimum absolute atomic E-state index is 0.265. The molecule has 1 aliphatic heterocycles. The molecule has 106 valence electrons. The molecule has 0 aromatic carbocycles. The number of aromatic nitrogens is 2. The zero-order chi connectivity index (χ0) is 13.9. The van der Waals surface area contributed by atoms with Gasteiger partial charge in [-0.2, -0.15) is 0 Å². The van der Waals surface area contributed by atoms with Gasteiger partial charge in [-0.1, -0.05) is 20.8 Å². The number of amides is 1. The Morgan fingerprint density at radius 3 is 2.37 bits per heavy atom. The highest BCUT2D eigenvalue weighted by molar-refractivity contribution is 5.81. The SMILES string of the molecule is CC(C)(C)C(=O)N1CCN(CCn2ccnc2)CC1. The average molecular weight is 264 g/mol. The van der Waals surface area contributed by atoms with Crippen LogP contribution in [0.25, 0.3) is 0 Å². The molecule has 2 rings (SSSR count). The van der Waals surface area contributed by atoms with Crippen molar-refractivity contribution < 1.29 is 4.79 Å². The molecule has 0 radical (unpaired) electrons. The third kappa shape index (κ3) is 3.80. The van der Waals surface area contributed by atoms with Crippen molar-refractivity contribution >= 4 is 5.91 Å². The molecular formula is C14H24N4O. The summed E-state index contributed by atoms with van der Waals surface area (Å²) in [5.41, 5.74) is -0.265. The van der Waals surface area contributed by atoms with Crippen molar-refractivity contribution in [1.29, 1.82) is 0 Å². The van der Waals surface area contributed by atoms with Gasteiger partial charge in [0.25, 0.3) is 0 Å². The van der Waals surface area contributed by atoms with Gasteiger partial charge >= 0.3 is 0 Å². The van der Waals surface area contributed by atoms with Crippen LogP contribution in [0.1, 0.15) is 20.8 Å². The summed E-state index contributed by atoms with van der Waals surface area (Å²) in [7, 11) is 0. The second-order valence-electron chi connectivity index (χ2n) is 6.18. The fourth-order valence-corrected chi connectivity index (χ4v) is 2.32. The van der Waals surface area contributed by atoms with E-state index in [4.69, 9.17) is 0 Å². The number of hydrogen-bond donors (Lipinski definition) is 0. The molecule has 0 aliphatic carbocycles. The lowest BCUT2D eigenvalue weighted by atomic mass is 9.94. The van der Waals surface area contributed by atoms with Gasteiger partial charge in [-0.05, 0) is 0 Å². The third-order valence-electron chi connectivity index (χ3n) is 3.53. The number of piperazine rings is 1. The Morgan fingerprint density at radius 2 is 1.84 bits per heavy atom. The van der Waals surface area contributed by atoms with E-state index in [2.05, 4.69) is 14.5 Å². The summed E-state index contributed by atoms with van der Waals surface area (Å²) in [6.45, 7) is 11.6. The van der Waals surface area contributed by atoms with Gasteiger partial charge in [-0.25, -0.2) is 4.98 Å². The molecule has 0 saturated carbocycles. The van der Waals surface area contributed by atoms with Crippen molar-refractivity contribution in [3.63, 3.8) is 0 Å². The molecular weight excluding hydrogens is 240 g/mol. The summed E-state index contributed by atoms with van der Waals surface area (Å²) in [5, 5.41) is 0. The zero-order valence-corrected chi connectivity index (χ0v) is 12.2. The first-order chi connectivity index (χ1) is 8.97. The molecule has 19 heavy (non-hydrogen) atoms. The maximum Gasteiger partial charge on any atom is 0.228 e. The minimum atomic E-state index is -0.265. The first kappa shape index (κ1) is 14.1. The van der Waals surface area contributed by atoms with Crippen LogP contribution in [0, 0.1) is 5.41 Å². The lowest BCUT2D eigenvalue weighted by Gasteiger charge is -2.37. The summed E-state index contributed by atoms with van der Waals surface area (Å²) in [6.07, 6.45) is 5.64. The molecule has 2 heterocycles. The second kappa shape index (κ2) is 5.74. The predicted molar refractivity (Wildman–Crippen MR) is 74.7 cm³/mol. The van der Waals surface area contributed by atoms with Gasteiger partial charge in [0.2, 0.25) is 5.91 Å². The van der Waals surface area contributed by atoms with Crippen molar-refractivity contribution in [2.75, 3.05) is 32.7 Å². The standard InChI is InChI=1S/C14H24N4O/c1-14(2,3)13(19)18-10-8-16(9-11-18)6-7-17-5-4-15-12-17/h4-5,12H,6-11H2,1-3H3. The van der Waals surface area contributed by atoms with Crippen molar-refractivity contribution in [3.8, 4) is 0 Å². The van der Waals surface area contributed by atoms with Gasteiger partial charge in [-0.3, -0.25) is 9.69 Å². The maximum atomic E-state index is 12.2. The number of carbonyl (C=O) groups excluding carboxylic acids is 1. The van der Waals surface area contributed by atoms with Gasteiger partial charge in [-0.15, -0.1) is 0 Å². The summed E-state index contributed by atoms with van der Waals surface area (Å²) in [6, 6.07) is 0. The van der Waals surface area contributed by atoms with E-state index in [1.54, 1.807) is 6.20 Å². The van der Waals surface area contributed by atoms with Crippen LogP contribution in [-0.2, 0) is 11.3 Å². The smallest absolute Gasteiger partial charge is 0.228 e. The summed E-state index contributed by atoms with van der Waals surface area (Å²) < 4.78 is 2.09. The fourth-order valence-electron chi connectivity index (χ4n) is 2.32. The van der Waals surface area contributed by atoms with E-state index in [0.717, 1.165) is 39.3 Å². The molecule has 0 unspecified atom stereocenters. The molecule has 0 spiro atoms. The molecule has 0 N–H and O–H groups in total. The second-order valence-corrected chi connectivity index (χ2v) is 6.18. The first-order valence-electron chi connectivity index (χ1n) is 6.94. The zero-order valence-electron chi connectivity index (χ0n) is 12.2. The molecule has 1 aromatic heterocycles. The lowest BCUT2D eigenvalue weighted by molar-refractivity contribution is -0.141. The third-order valence-corrected chi connectivity index (χ3v) is 3.53. The maximum absolute atomic E-state index is 12.2. The van der Waals surface area contributed by atoms with Gasteiger partial charge in [0.1, 0.15) is 0 Å². The van der Waals surface area contributed by atoms with Crippen LogP contribution in [0.3, 0.4) is 0 Å². The van der Waals surface area contributed by atoms with Crippen LogP contribution in [0.5, 0.6) is 0 Å². The highest BCUT2D eigenvalue weighted by Gasteiger charge is 2.29. The fraction of sp³-hybridized carbons (Fsp3) is 0.714. The number of carbonyl (C=O) groups is 1. The normalized spacial score (nSPS) is 17.7. The van der Waals surface area contributed by atoms with E-state index in [0.29, 0.717) is 0 Å². The van der Waals surface area contributed by atoms with Crippen LogP contribution in [0.4, 0.5) is 0 Å². The van der Waals surface area contributed by atoms with E-state index in [9.17, 15) is 4.79 Å². The Kier molecular flexibility index (Phi) is 4.24. The number of imidazole rings is 1. The number of hydrogen-bond acceptors (Lipinski definition) is 3. The van der Waals surface area contributed by atoms with E-state index in [1.165, 1.54) is 0 Å². The van der Waals surface area contributed by atoms with Crippen LogP contribution in [-0.4, -0.2) is 58.0 Å². The largest absolute Gasteiger partial charge is 0.340 e. The van der Waals surface area contributed by atoms with Crippen LogP contribution >= 0.6 is 0 Å². The van der Waals surface area contributed by atoms with Gasteiger partial charge < -0.3 is 9.47 Å². The lowest BCUT2D eigenvalue weighted by Crippen LogP contribution is -2.52. The van der Waals surface area contributed by atoms with Gasteiger partial charge in [0.15, 0.2) is 0 Å². The Hall–Kier alpha value is -1.36. The van der Waals surface area contributed by atoms with Gasteiger partial charge in [0, 0.05) is 57.1 Å². The Labute approximate surface area is 115 Å². The first-order valence-corrected chi connectivity index (χ1v) is 6.94. The van der Waals surface area contributed by atoms with Crippen molar-refractivity contribution in [2.45, 2.75) is 27.3 Å². The molecule has 1 fully saturated rings. The molecule has 1 aromatic rings. The van der Waals surface area contributed by atoms with Crippen molar-refractivity contribution in [1.82, 2.24) is 19.4 Å². The highest BCUT2D eigenvalue weighted by atomic mass is 16.2. The van der Waals surface area contributed by atoms with Crippen LogP contribution < -0.4 is 0 Å². The minimum Gasteiger partial charge on any atom is -0.340 e. The number of rotatable bonds is 3. The molecule has 5 heteroatoms. The Morgan fingerprint density at radius 1 is 1.16 bits per heavy atom. The predicted octanol–water partition coefficient (Wildman–Crippen LogP) is 1.07. The van der Waals surface area contributed by atoms with E-state index >= 15 is 0 Å². The van der Waals surface area contributed by atoms with Crippen LogP contribution in [0.15, 0.2) is 18.7 Å². The molecule has 1 aliphatic rings. The van der Waals surface area contributed by atoms with Crippen molar-refractivity contribution in [3.05, 3.63) is 18.7 Å². The molecule has 5 nitrogen and oxygen atoms in total. The summed E-state index contributed by atoms with van der Waals surface area (Å²) in [4.78, 5) is 20.6. The van der Waals surface area contributed by atoms with Gasteiger partial charge in [0.05, 0.1) is 6.33 Å². The molecule has 1 amide bonds. The topological polar surface area (TPSA) is 41.4 Å². The molecule has 1 saturated heterocycles. The van der Waals surface area contributed by atoms with E-state index in [1.807, 2.05) is 38.2 Å². The number of nitrogens with zero attached hydrogens (tertiary/aromatic N) is 4.